The van der Waals surface area contributed by atoms with E-state index in [9.17, 15) is 26.4 Å². The van der Waals surface area contributed by atoms with Gasteiger partial charge in [0.15, 0.2) is 0 Å². The molecule has 2 aromatic rings. The number of rotatable bonds is 6. The van der Waals surface area contributed by atoms with E-state index in [1.165, 1.54) is 37.9 Å². The van der Waals surface area contributed by atoms with E-state index in [-0.39, 0.29) is 48.4 Å². The molecule has 0 aliphatic carbocycles. The molecule has 1 aromatic heterocycles. The molecule has 0 unspecified atom stereocenters. The zero-order valence-corrected chi connectivity index (χ0v) is 19.7. The van der Waals surface area contributed by atoms with Crippen LogP contribution in [0.15, 0.2) is 63.2 Å². The number of aromatic nitrogens is 1. The van der Waals surface area contributed by atoms with Gasteiger partial charge in [-0.1, -0.05) is 18.2 Å². The second-order valence-corrected chi connectivity index (χ2v) is 11.9. The first-order valence-electron chi connectivity index (χ1n) is 10.7. The quantitative estimate of drug-likeness (QED) is 0.565. The first kappa shape index (κ1) is 23.6. The van der Waals surface area contributed by atoms with Gasteiger partial charge >= 0.3 is 0 Å². The minimum Gasteiger partial charge on any atom is -0.339 e. The topological polar surface area (TPSA) is 117 Å². The Morgan fingerprint density at radius 3 is 1.94 bits per heavy atom. The molecule has 2 fully saturated rings. The Labute approximate surface area is 193 Å². The molecule has 1 aromatic carbocycles. The van der Waals surface area contributed by atoms with Crippen molar-refractivity contribution in [1.82, 2.24) is 18.1 Å². The van der Waals surface area contributed by atoms with E-state index in [0.29, 0.717) is 13.1 Å². The van der Waals surface area contributed by atoms with Crippen LogP contribution in [-0.2, 0) is 31.4 Å². The predicted octanol–water partition coefficient (Wildman–Crippen LogP) is 0.166. The summed E-state index contributed by atoms with van der Waals surface area (Å²) >= 11 is 0. The number of hydrogen-bond donors (Lipinski definition) is 0. The summed E-state index contributed by atoms with van der Waals surface area (Å²) in [5, 5.41) is 0. The summed E-state index contributed by atoms with van der Waals surface area (Å²) in [6.45, 7) is 1.22. The van der Waals surface area contributed by atoms with Crippen molar-refractivity contribution in [2.45, 2.75) is 29.2 Å². The Balaban J connectivity index is 1.43. The highest BCUT2D eigenvalue weighted by molar-refractivity contribution is 7.89. The van der Waals surface area contributed by atoms with E-state index in [4.69, 9.17) is 0 Å². The number of nitrogens with zero attached hydrogens (tertiary/aromatic N) is 4. The van der Waals surface area contributed by atoms with Crippen LogP contribution >= 0.6 is 0 Å². The molecule has 0 spiro atoms. The molecular formula is C21H26N4O6S2. The maximum atomic E-state index is 12.8. The van der Waals surface area contributed by atoms with E-state index < -0.39 is 25.6 Å². The third-order valence-electron chi connectivity index (χ3n) is 5.94. The van der Waals surface area contributed by atoms with Gasteiger partial charge < -0.3 is 9.47 Å². The standard InChI is InChI=1S/C21H26N4O6S2/c26-20-9-8-19(33(30,31)24-10-4-5-11-24)16-23(20)17-21(27)22-12-14-25(15-13-22)32(28,29)18-6-2-1-3-7-18/h1-3,6-9,16H,4-5,10-15,17H2. The maximum Gasteiger partial charge on any atom is 0.251 e. The van der Waals surface area contributed by atoms with Gasteiger partial charge in [0.25, 0.3) is 5.56 Å². The summed E-state index contributed by atoms with van der Waals surface area (Å²) in [6.07, 6.45) is 2.80. The molecule has 4 rings (SSSR count). The highest BCUT2D eigenvalue weighted by Gasteiger charge is 2.31. The van der Waals surface area contributed by atoms with E-state index in [2.05, 4.69) is 0 Å². The summed E-state index contributed by atoms with van der Waals surface area (Å²) in [4.78, 5) is 26.8. The molecule has 0 N–H and O–H groups in total. The molecule has 12 heteroatoms. The van der Waals surface area contributed by atoms with Crippen LogP contribution in [0.2, 0.25) is 0 Å². The maximum absolute atomic E-state index is 12.8. The van der Waals surface area contributed by atoms with Crippen molar-refractivity contribution in [3.63, 3.8) is 0 Å². The van der Waals surface area contributed by atoms with E-state index in [1.807, 2.05) is 0 Å². The minimum atomic E-state index is -3.71. The number of pyridine rings is 1. The van der Waals surface area contributed by atoms with Gasteiger partial charge in [0.2, 0.25) is 26.0 Å². The van der Waals surface area contributed by atoms with E-state index in [0.717, 1.165) is 23.5 Å². The van der Waals surface area contributed by atoms with Gasteiger partial charge in [-0.05, 0) is 31.0 Å². The van der Waals surface area contributed by atoms with Crippen molar-refractivity contribution >= 4 is 26.0 Å². The Kier molecular flexibility index (Phi) is 6.71. The lowest BCUT2D eigenvalue weighted by molar-refractivity contribution is -0.133. The van der Waals surface area contributed by atoms with Crippen LogP contribution < -0.4 is 5.56 Å². The number of piperazine rings is 1. The van der Waals surface area contributed by atoms with Gasteiger partial charge in [-0.15, -0.1) is 0 Å². The fourth-order valence-corrected chi connectivity index (χ4v) is 7.01. The van der Waals surface area contributed by atoms with Crippen LogP contribution in [0.25, 0.3) is 0 Å². The molecule has 0 bridgehead atoms. The number of benzene rings is 1. The van der Waals surface area contributed by atoms with Crippen molar-refractivity contribution in [2.24, 2.45) is 0 Å². The van der Waals surface area contributed by atoms with Crippen LogP contribution in [-0.4, -0.2) is 80.1 Å². The van der Waals surface area contributed by atoms with Crippen LogP contribution in [0.1, 0.15) is 12.8 Å². The number of carbonyl (C=O) groups excluding carboxylic acids is 1. The van der Waals surface area contributed by atoms with Gasteiger partial charge in [0.05, 0.1) is 9.79 Å². The predicted molar refractivity (Wildman–Crippen MR) is 120 cm³/mol. The lowest BCUT2D eigenvalue weighted by Gasteiger charge is -2.34. The molecule has 33 heavy (non-hydrogen) atoms. The molecular weight excluding hydrogens is 468 g/mol. The largest absolute Gasteiger partial charge is 0.339 e. The summed E-state index contributed by atoms with van der Waals surface area (Å²) < 4.78 is 54.9. The zero-order chi connectivity index (χ0) is 23.6. The molecule has 2 aliphatic heterocycles. The van der Waals surface area contributed by atoms with E-state index >= 15 is 0 Å². The van der Waals surface area contributed by atoms with Crippen molar-refractivity contribution < 1.29 is 21.6 Å². The number of amides is 1. The first-order valence-corrected chi connectivity index (χ1v) is 13.6. The average Bonchev–Trinajstić information content (AvgIpc) is 3.37. The van der Waals surface area contributed by atoms with E-state index in [1.54, 1.807) is 18.2 Å². The number of sulfonamides is 2. The van der Waals surface area contributed by atoms with Crippen LogP contribution in [0.3, 0.4) is 0 Å². The lowest BCUT2D eigenvalue weighted by Crippen LogP contribution is -2.51. The van der Waals surface area contributed by atoms with Gasteiger partial charge in [0.1, 0.15) is 6.54 Å². The average molecular weight is 495 g/mol. The molecule has 0 saturated carbocycles. The zero-order valence-electron chi connectivity index (χ0n) is 18.0. The molecule has 10 nitrogen and oxygen atoms in total. The molecule has 1 amide bonds. The summed E-state index contributed by atoms with van der Waals surface area (Å²) in [5.74, 6) is -0.371. The highest BCUT2D eigenvalue weighted by atomic mass is 32.2. The first-order chi connectivity index (χ1) is 15.7. The fourth-order valence-electron chi connectivity index (χ4n) is 4.03. The second-order valence-electron chi connectivity index (χ2n) is 8.04. The third-order valence-corrected chi connectivity index (χ3v) is 9.73. The molecule has 0 atom stereocenters. The van der Waals surface area contributed by atoms with Gasteiger partial charge in [-0.3, -0.25) is 9.59 Å². The molecule has 3 heterocycles. The number of carbonyl (C=O) groups is 1. The normalized spacial score (nSPS) is 18.5. The van der Waals surface area contributed by atoms with Crippen LogP contribution in [0.4, 0.5) is 0 Å². The fraction of sp³-hybridized carbons (Fsp3) is 0.429. The number of hydrogen-bond acceptors (Lipinski definition) is 6. The van der Waals surface area contributed by atoms with Gasteiger partial charge in [-0.2, -0.15) is 8.61 Å². The second kappa shape index (κ2) is 9.37. The Morgan fingerprint density at radius 1 is 0.727 bits per heavy atom. The summed E-state index contributed by atoms with van der Waals surface area (Å²) in [6, 6.07) is 10.5. The summed E-state index contributed by atoms with van der Waals surface area (Å²) in [7, 11) is -7.35. The molecule has 2 saturated heterocycles. The lowest BCUT2D eigenvalue weighted by atomic mass is 10.3. The smallest absolute Gasteiger partial charge is 0.251 e. The van der Waals surface area contributed by atoms with Crippen LogP contribution in [0, 0.1) is 0 Å². The monoisotopic (exact) mass is 494 g/mol. The highest BCUT2D eigenvalue weighted by Crippen LogP contribution is 2.20. The SMILES string of the molecule is O=C(Cn1cc(S(=O)(=O)N2CCCC2)ccc1=O)N1CCN(S(=O)(=O)c2ccccc2)CC1. The Morgan fingerprint density at radius 2 is 1.30 bits per heavy atom. The molecule has 2 aliphatic rings. The Hall–Kier alpha value is -2.54. The van der Waals surface area contributed by atoms with Crippen LogP contribution in [0.5, 0.6) is 0 Å². The van der Waals surface area contributed by atoms with Crippen molar-refractivity contribution in [2.75, 3.05) is 39.3 Å². The van der Waals surface area contributed by atoms with Gasteiger partial charge in [-0.25, -0.2) is 16.8 Å². The third kappa shape index (κ3) is 4.88. The molecule has 0 radical (unpaired) electrons. The van der Waals surface area contributed by atoms with Crippen molar-refractivity contribution in [3.8, 4) is 0 Å². The van der Waals surface area contributed by atoms with Crippen molar-refractivity contribution in [3.05, 3.63) is 59.0 Å². The molecule has 178 valence electrons. The van der Waals surface area contributed by atoms with Gasteiger partial charge in [0, 0.05) is 51.5 Å². The summed E-state index contributed by atoms with van der Waals surface area (Å²) in [5.41, 5.74) is -0.478. The van der Waals surface area contributed by atoms with Crippen molar-refractivity contribution in [1.29, 1.82) is 0 Å². The minimum absolute atomic E-state index is 0.0180. The Bertz CT molecular complexity index is 1280.